The molecule has 0 aliphatic carbocycles. The van der Waals surface area contributed by atoms with Crippen molar-refractivity contribution in [3.8, 4) is 0 Å². The monoisotopic (exact) mass is 349 g/mol. The van der Waals surface area contributed by atoms with Crippen LogP contribution in [0.25, 0.3) is 0 Å². The molecular formula is C13H8BrClF3N. The number of hydrogen-bond acceptors (Lipinski definition) is 1. The number of hydrogen-bond donors (Lipinski definition) is 1. The molecule has 2 aromatic carbocycles. The highest BCUT2D eigenvalue weighted by Crippen LogP contribution is 2.33. The molecule has 2 rings (SSSR count). The fourth-order valence-electron chi connectivity index (χ4n) is 1.74. The molecule has 0 heterocycles. The first kappa shape index (κ1) is 14.4. The highest BCUT2D eigenvalue weighted by Gasteiger charge is 2.23. The molecule has 2 N–H and O–H groups in total. The van der Waals surface area contributed by atoms with Crippen LogP contribution < -0.4 is 5.73 Å². The van der Waals surface area contributed by atoms with Crippen molar-refractivity contribution in [1.82, 2.24) is 0 Å². The number of benzene rings is 2. The van der Waals surface area contributed by atoms with E-state index in [2.05, 4.69) is 15.9 Å². The van der Waals surface area contributed by atoms with Gasteiger partial charge < -0.3 is 5.73 Å². The molecule has 0 fully saturated rings. The van der Waals surface area contributed by atoms with Gasteiger partial charge in [0.2, 0.25) is 0 Å². The summed E-state index contributed by atoms with van der Waals surface area (Å²) in [7, 11) is 0. The van der Waals surface area contributed by atoms with E-state index >= 15 is 0 Å². The van der Waals surface area contributed by atoms with Crippen LogP contribution in [0.4, 0.5) is 13.2 Å². The molecular weight excluding hydrogens is 343 g/mol. The van der Waals surface area contributed by atoms with Crippen LogP contribution in [0.3, 0.4) is 0 Å². The molecule has 2 aromatic rings. The van der Waals surface area contributed by atoms with Gasteiger partial charge in [0.15, 0.2) is 0 Å². The summed E-state index contributed by atoms with van der Waals surface area (Å²) < 4.78 is 41.1. The highest BCUT2D eigenvalue weighted by molar-refractivity contribution is 9.10. The zero-order chi connectivity index (χ0) is 14.2. The van der Waals surface area contributed by atoms with E-state index in [0.29, 0.717) is 0 Å². The first-order chi connectivity index (χ1) is 8.93. The van der Waals surface area contributed by atoms with Crippen LogP contribution in [-0.2, 0) is 0 Å². The van der Waals surface area contributed by atoms with Crippen LogP contribution in [0.1, 0.15) is 17.2 Å². The third-order valence-corrected chi connectivity index (χ3v) is 3.72. The summed E-state index contributed by atoms with van der Waals surface area (Å²) in [4.78, 5) is 0. The molecule has 1 nitrogen and oxygen atoms in total. The van der Waals surface area contributed by atoms with Crippen LogP contribution in [-0.4, -0.2) is 0 Å². The average molecular weight is 351 g/mol. The van der Waals surface area contributed by atoms with Crippen LogP contribution in [0, 0.1) is 17.5 Å². The molecule has 100 valence electrons. The maximum absolute atomic E-state index is 13.9. The van der Waals surface area contributed by atoms with E-state index in [-0.39, 0.29) is 20.6 Å². The summed E-state index contributed by atoms with van der Waals surface area (Å²) >= 11 is 8.72. The van der Waals surface area contributed by atoms with E-state index in [9.17, 15) is 13.2 Å². The number of rotatable bonds is 2. The van der Waals surface area contributed by atoms with E-state index in [0.717, 1.165) is 12.1 Å². The Kier molecular flexibility index (Phi) is 4.18. The second-order valence-electron chi connectivity index (χ2n) is 3.88. The molecule has 0 saturated heterocycles. The molecule has 0 aliphatic heterocycles. The minimum Gasteiger partial charge on any atom is -0.320 e. The molecule has 1 unspecified atom stereocenters. The number of nitrogens with two attached hydrogens (primary N) is 1. The Bertz CT molecular complexity index is 634. The molecule has 0 spiro atoms. The topological polar surface area (TPSA) is 26.0 Å². The van der Waals surface area contributed by atoms with Crippen LogP contribution >= 0.6 is 27.5 Å². The Labute approximate surface area is 121 Å². The lowest BCUT2D eigenvalue weighted by Crippen LogP contribution is -2.16. The smallest absolute Gasteiger partial charge is 0.145 e. The molecule has 0 saturated carbocycles. The van der Waals surface area contributed by atoms with Crippen LogP contribution in [0.5, 0.6) is 0 Å². The predicted octanol–water partition coefficient (Wildman–Crippen LogP) is 4.57. The van der Waals surface area contributed by atoms with Crippen molar-refractivity contribution in [1.29, 1.82) is 0 Å². The lowest BCUT2D eigenvalue weighted by Gasteiger charge is -2.16. The van der Waals surface area contributed by atoms with E-state index in [1.165, 1.54) is 18.2 Å². The maximum atomic E-state index is 13.9. The third kappa shape index (κ3) is 2.63. The van der Waals surface area contributed by atoms with E-state index in [1.54, 1.807) is 0 Å². The molecule has 19 heavy (non-hydrogen) atoms. The van der Waals surface area contributed by atoms with Gasteiger partial charge in [-0.25, -0.2) is 13.2 Å². The molecule has 0 aliphatic rings. The van der Waals surface area contributed by atoms with Gasteiger partial charge in [0.1, 0.15) is 17.5 Å². The van der Waals surface area contributed by atoms with E-state index in [1.807, 2.05) is 0 Å². The van der Waals surface area contributed by atoms with Crippen molar-refractivity contribution >= 4 is 27.5 Å². The summed E-state index contributed by atoms with van der Waals surface area (Å²) in [5, 5.41) is -0.242. The van der Waals surface area contributed by atoms with Gasteiger partial charge in [-0.3, -0.25) is 0 Å². The zero-order valence-corrected chi connectivity index (χ0v) is 11.8. The number of halogens is 5. The quantitative estimate of drug-likeness (QED) is 0.789. The second-order valence-corrected chi connectivity index (χ2v) is 5.11. The van der Waals surface area contributed by atoms with Gasteiger partial charge in [-0.15, -0.1) is 0 Å². The van der Waals surface area contributed by atoms with Gasteiger partial charge in [0.05, 0.1) is 15.5 Å². The normalized spacial score (nSPS) is 12.5. The van der Waals surface area contributed by atoms with Crippen molar-refractivity contribution in [3.05, 3.63) is 68.4 Å². The predicted molar refractivity (Wildman–Crippen MR) is 71.5 cm³/mol. The first-order valence-corrected chi connectivity index (χ1v) is 6.43. The Morgan fingerprint density at radius 1 is 1.05 bits per heavy atom. The second kappa shape index (κ2) is 5.53. The molecule has 0 amide bonds. The van der Waals surface area contributed by atoms with Gasteiger partial charge in [-0.2, -0.15) is 0 Å². The Morgan fingerprint density at radius 3 is 2.42 bits per heavy atom. The minimum atomic E-state index is -1.19. The molecule has 0 aromatic heterocycles. The Balaban J connectivity index is 2.59. The Hall–Kier alpha value is -1.04. The highest BCUT2D eigenvalue weighted by atomic mass is 79.9. The standard InChI is InChI=1S/C13H8BrClF3N/c14-7-4-5-8(16)10(12(7)18)13(19)6-2-1-3-9(17)11(6)15/h1-5,13H,19H2. The third-order valence-electron chi connectivity index (χ3n) is 2.71. The van der Waals surface area contributed by atoms with Crippen LogP contribution in [0.15, 0.2) is 34.8 Å². The van der Waals surface area contributed by atoms with Gasteiger partial charge in [-0.1, -0.05) is 23.7 Å². The maximum Gasteiger partial charge on any atom is 0.145 e. The largest absolute Gasteiger partial charge is 0.320 e. The SMILES string of the molecule is NC(c1cccc(F)c1Cl)c1c(F)ccc(Br)c1F. The first-order valence-electron chi connectivity index (χ1n) is 5.26. The summed E-state index contributed by atoms with van der Waals surface area (Å²) in [6.45, 7) is 0. The molecule has 1 atom stereocenters. The van der Waals surface area contributed by atoms with Crippen molar-refractivity contribution in [2.45, 2.75) is 6.04 Å². The van der Waals surface area contributed by atoms with Gasteiger partial charge in [0, 0.05) is 5.56 Å². The summed E-state index contributed by atoms with van der Waals surface area (Å²) in [5.74, 6) is -2.33. The van der Waals surface area contributed by atoms with Gasteiger partial charge >= 0.3 is 0 Å². The van der Waals surface area contributed by atoms with E-state index in [4.69, 9.17) is 17.3 Å². The Morgan fingerprint density at radius 2 is 1.74 bits per heavy atom. The summed E-state index contributed by atoms with van der Waals surface area (Å²) in [6.07, 6.45) is 0. The molecule has 6 heteroatoms. The molecule has 0 radical (unpaired) electrons. The summed E-state index contributed by atoms with van der Waals surface area (Å²) in [6, 6.07) is 5.07. The zero-order valence-electron chi connectivity index (χ0n) is 9.43. The van der Waals surface area contributed by atoms with Crippen molar-refractivity contribution < 1.29 is 13.2 Å². The van der Waals surface area contributed by atoms with Crippen molar-refractivity contribution in [2.75, 3.05) is 0 Å². The van der Waals surface area contributed by atoms with Crippen LogP contribution in [0.2, 0.25) is 5.02 Å². The van der Waals surface area contributed by atoms with Gasteiger partial charge in [-0.05, 0) is 39.7 Å². The summed E-state index contributed by atoms with van der Waals surface area (Å²) in [5.41, 5.74) is 5.57. The molecule has 0 bridgehead atoms. The van der Waals surface area contributed by atoms with Crippen molar-refractivity contribution in [3.63, 3.8) is 0 Å². The minimum absolute atomic E-state index is 0.0758. The van der Waals surface area contributed by atoms with Crippen molar-refractivity contribution in [2.24, 2.45) is 5.73 Å². The fourth-order valence-corrected chi connectivity index (χ4v) is 2.33. The lowest BCUT2D eigenvalue weighted by atomic mass is 9.98. The average Bonchev–Trinajstić information content (AvgIpc) is 2.37. The fraction of sp³-hybridized carbons (Fsp3) is 0.0769. The van der Waals surface area contributed by atoms with E-state index < -0.39 is 23.5 Å². The van der Waals surface area contributed by atoms with Gasteiger partial charge in [0.25, 0.3) is 0 Å². The lowest BCUT2D eigenvalue weighted by molar-refractivity contribution is 0.538.